The van der Waals surface area contributed by atoms with Gasteiger partial charge in [0.25, 0.3) is 0 Å². The maximum absolute atomic E-state index is 13.0. The molecule has 1 aromatic carbocycles. The van der Waals surface area contributed by atoms with E-state index in [4.69, 9.17) is 4.74 Å². The van der Waals surface area contributed by atoms with Gasteiger partial charge in [0.1, 0.15) is 11.5 Å². The number of fused-ring (bicyclic) bond motifs is 4. The summed E-state index contributed by atoms with van der Waals surface area (Å²) >= 11 is 0. The summed E-state index contributed by atoms with van der Waals surface area (Å²) in [4.78, 5) is 13.0. The highest BCUT2D eigenvalue weighted by atomic mass is 16.5. The Morgan fingerprint density at radius 1 is 1.45 bits per heavy atom. The van der Waals surface area contributed by atoms with Crippen molar-refractivity contribution in [2.75, 3.05) is 7.11 Å². The summed E-state index contributed by atoms with van der Waals surface area (Å²) in [5.41, 5.74) is 2.18. The first-order valence-corrected chi connectivity index (χ1v) is 7.54. The molecule has 0 saturated heterocycles. The average Bonchev–Trinajstić information content (AvgIpc) is 2.57. The summed E-state index contributed by atoms with van der Waals surface area (Å²) < 4.78 is 5.37. The van der Waals surface area contributed by atoms with Crippen molar-refractivity contribution in [1.29, 1.82) is 0 Å². The first-order chi connectivity index (χ1) is 9.71. The fourth-order valence-corrected chi connectivity index (χ4v) is 4.06. The van der Waals surface area contributed by atoms with Crippen LogP contribution in [0.5, 0.6) is 5.75 Å². The van der Waals surface area contributed by atoms with Gasteiger partial charge in [-0.25, -0.2) is 0 Å². The lowest BCUT2D eigenvalue weighted by Gasteiger charge is -2.39. The number of hydrogen-bond acceptors (Lipinski definition) is 2. The highest BCUT2D eigenvalue weighted by Gasteiger charge is 2.47. The third-order valence-corrected chi connectivity index (χ3v) is 5.04. The molecule has 0 N–H and O–H groups in total. The highest BCUT2D eigenvalue weighted by Crippen LogP contribution is 2.47. The van der Waals surface area contributed by atoms with Crippen LogP contribution in [0.4, 0.5) is 0 Å². The lowest BCUT2D eigenvalue weighted by molar-refractivity contribution is -0.129. The highest BCUT2D eigenvalue weighted by molar-refractivity contribution is 5.95. The van der Waals surface area contributed by atoms with E-state index in [1.807, 2.05) is 12.1 Å². The number of rotatable bonds is 3. The van der Waals surface area contributed by atoms with Crippen LogP contribution < -0.4 is 4.74 Å². The Morgan fingerprint density at radius 2 is 2.30 bits per heavy atom. The average molecular weight is 270 g/mol. The molecule has 1 aromatic rings. The zero-order valence-corrected chi connectivity index (χ0v) is 12.2. The lowest BCUT2D eigenvalue weighted by Crippen LogP contribution is -2.43. The molecule has 0 spiro atoms. The van der Waals surface area contributed by atoms with E-state index in [1.54, 1.807) is 7.11 Å². The molecule has 3 rings (SSSR count). The standard InChI is InChI=1S/C18H22O2/c1-3-9-18-10-5-4-6-14(17(18)19)11-13-7-8-15(20-2)12-16(13)18/h3,7-8,12,14H,1,4-6,9-11H2,2H3. The Hall–Kier alpha value is -1.57. The largest absolute Gasteiger partial charge is 0.497 e. The molecule has 2 heteroatoms. The van der Waals surface area contributed by atoms with Gasteiger partial charge in [0.2, 0.25) is 0 Å². The maximum Gasteiger partial charge on any atom is 0.147 e. The van der Waals surface area contributed by atoms with E-state index < -0.39 is 0 Å². The summed E-state index contributed by atoms with van der Waals surface area (Å²) in [5.74, 6) is 1.50. The van der Waals surface area contributed by atoms with Gasteiger partial charge in [0, 0.05) is 5.92 Å². The fraction of sp³-hybridized carbons (Fsp3) is 0.500. The zero-order valence-electron chi connectivity index (χ0n) is 12.2. The summed E-state index contributed by atoms with van der Waals surface area (Å²) in [5, 5.41) is 0. The first kappa shape index (κ1) is 13.4. The van der Waals surface area contributed by atoms with E-state index in [2.05, 4.69) is 18.7 Å². The Kier molecular flexibility index (Phi) is 3.41. The van der Waals surface area contributed by atoms with Crippen LogP contribution in [0.25, 0.3) is 0 Å². The molecule has 20 heavy (non-hydrogen) atoms. The molecular formula is C18H22O2. The number of methoxy groups -OCH3 is 1. The quantitative estimate of drug-likeness (QED) is 0.780. The molecule has 1 saturated carbocycles. The second kappa shape index (κ2) is 5.08. The minimum absolute atomic E-state index is 0.207. The predicted molar refractivity (Wildman–Crippen MR) is 80.2 cm³/mol. The topological polar surface area (TPSA) is 26.3 Å². The van der Waals surface area contributed by atoms with Gasteiger partial charge in [-0.15, -0.1) is 6.58 Å². The van der Waals surface area contributed by atoms with E-state index in [0.29, 0.717) is 5.78 Å². The Morgan fingerprint density at radius 3 is 3.05 bits per heavy atom. The van der Waals surface area contributed by atoms with Gasteiger partial charge in [-0.3, -0.25) is 4.79 Å². The van der Waals surface area contributed by atoms with Crippen LogP contribution in [0.3, 0.4) is 0 Å². The molecule has 0 aromatic heterocycles. The third kappa shape index (κ3) is 1.90. The van der Waals surface area contributed by atoms with Gasteiger partial charge < -0.3 is 4.74 Å². The SMILES string of the molecule is C=CCC12CCCCC(Cc3ccc(OC)cc31)C2=O. The van der Waals surface area contributed by atoms with Crippen molar-refractivity contribution in [2.45, 2.75) is 43.9 Å². The summed E-state index contributed by atoms with van der Waals surface area (Å²) in [6, 6.07) is 6.25. The van der Waals surface area contributed by atoms with Crippen molar-refractivity contribution in [3.05, 3.63) is 42.0 Å². The smallest absolute Gasteiger partial charge is 0.147 e. The molecule has 0 radical (unpaired) electrons. The van der Waals surface area contributed by atoms with Crippen LogP contribution in [-0.2, 0) is 16.6 Å². The molecule has 2 bridgehead atoms. The molecule has 0 aliphatic heterocycles. The Balaban J connectivity index is 2.19. The number of carbonyl (C=O) groups excluding carboxylic acids is 1. The molecule has 106 valence electrons. The van der Waals surface area contributed by atoms with Crippen LogP contribution in [0.1, 0.15) is 43.2 Å². The minimum Gasteiger partial charge on any atom is -0.497 e. The number of carbonyl (C=O) groups is 1. The van der Waals surface area contributed by atoms with Gasteiger partial charge in [0.05, 0.1) is 12.5 Å². The third-order valence-electron chi connectivity index (χ3n) is 5.04. The van der Waals surface area contributed by atoms with Crippen LogP contribution in [0.15, 0.2) is 30.9 Å². The number of benzene rings is 1. The van der Waals surface area contributed by atoms with Crippen molar-refractivity contribution in [2.24, 2.45) is 5.92 Å². The normalized spacial score (nSPS) is 28.4. The summed E-state index contributed by atoms with van der Waals surface area (Å²) in [7, 11) is 1.68. The van der Waals surface area contributed by atoms with E-state index >= 15 is 0 Å². The van der Waals surface area contributed by atoms with Crippen molar-refractivity contribution in [1.82, 2.24) is 0 Å². The van der Waals surface area contributed by atoms with E-state index in [1.165, 1.54) is 17.5 Å². The van der Waals surface area contributed by atoms with Gasteiger partial charge in [-0.2, -0.15) is 0 Å². The molecule has 0 heterocycles. The monoisotopic (exact) mass is 270 g/mol. The van der Waals surface area contributed by atoms with Gasteiger partial charge in [0.15, 0.2) is 0 Å². The van der Waals surface area contributed by atoms with Crippen LogP contribution >= 0.6 is 0 Å². The van der Waals surface area contributed by atoms with Crippen molar-refractivity contribution >= 4 is 5.78 Å². The molecule has 2 unspecified atom stereocenters. The van der Waals surface area contributed by atoms with Gasteiger partial charge >= 0.3 is 0 Å². The second-order valence-corrected chi connectivity index (χ2v) is 6.11. The molecule has 2 aliphatic carbocycles. The van der Waals surface area contributed by atoms with Crippen molar-refractivity contribution in [3.8, 4) is 5.75 Å². The fourth-order valence-electron chi connectivity index (χ4n) is 4.06. The van der Waals surface area contributed by atoms with E-state index in [0.717, 1.165) is 37.9 Å². The molecular weight excluding hydrogens is 248 g/mol. The van der Waals surface area contributed by atoms with Gasteiger partial charge in [-0.1, -0.05) is 25.0 Å². The van der Waals surface area contributed by atoms with E-state index in [-0.39, 0.29) is 11.3 Å². The number of hydrogen-bond donors (Lipinski definition) is 0. The number of Topliss-reactive ketones (excluding diaryl/α,β-unsaturated/α-hetero) is 1. The maximum atomic E-state index is 13.0. The van der Waals surface area contributed by atoms with Crippen LogP contribution in [0, 0.1) is 5.92 Å². The zero-order chi connectivity index (χ0) is 14.2. The number of ketones is 1. The molecule has 1 fully saturated rings. The molecule has 2 nitrogen and oxygen atoms in total. The second-order valence-electron chi connectivity index (χ2n) is 6.11. The number of ether oxygens (including phenoxy) is 1. The Bertz CT molecular complexity index is 546. The van der Waals surface area contributed by atoms with Crippen LogP contribution in [-0.4, -0.2) is 12.9 Å². The van der Waals surface area contributed by atoms with Crippen molar-refractivity contribution < 1.29 is 9.53 Å². The van der Waals surface area contributed by atoms with Crippen LogP contribution in [0.2, 0.25) is 0 Å². The van der Waals surface area contributed by atoms with E-state index in [9.17, 15) is 4.79 Å². The molecule has 2 atom stereocenters. The van der Waals surface area contributed by atoms with Gasteiger partial charge in [-0.05, 0) is 48.9 Å². The first-order valence-electron chi connectivity index (χ1n) is 7.54. The summed E-state index contributed by atoms with van der Waals surface area (Å²) in [6.45, 7) is 3.89. The Labute approximate surface area is 120 Å². The number of allylic oxidation sites excluding steroid dienone is 1. The lowest BCUT2D eigenvalue weighted by atomic mass is 9.62. The summed E-state index contributed by atoms with van der Waals surface area (Å²) in [6.07, 6.45) is 7.86. The predicted octanol–water partition coefficient (Wildman–Crippen LogP) is 3.82. The van der Waals surface area contributed by atoms with Crippen molar-refractivity contribution in [3.63, 3.8) is 0 Å². The molecule has 0 amide bonds. The molecule has 2 aliphatic rings. The minimum atomic E-state index is -0.342.